The molecule has 0 aliphatic rings. The summed E-state index contributed by atoms with van der Waals surface area (Å²) < 4.78 is 22.9. The van der Waals surface area contributed by atoms with Crippen LogP contribution in [-0.2, 0) is 38.1 Å². The molecule has 0 aromatic rings. The molecule has 0 spiro atoms. The lowest BCUT2D eigenvalue weighted by Crippen LogP contribution is -2.18. The Morgan fingerprint density at radius 1 is 0.250 bits per heavy atom. The molecule has 68 heavy (non-hydrogen) atoms. The maximum Gasteiger partial charge on any atom is 0.306 e. The molecule has 2 atom stereocenters. The largest absolute Gasteiger partial charge is 0.466 e. The first kappa shape index (κ1) is 65.9. The first-order chi connectivity index (χ1) is 33.4. The highest BCUT2D eigenvalue weighted by Crippen LogP contribution is 2.21. The molecular formula is C60H114O8. The smallest absolute Gasteiger partial charge is 0.306 e. The van der Waals surface area contributed by atoms with Crippen molar-refractivity contribution in [3.8, 4) is 0 Å². The van der Waals surface area contributed by atoms with E-state index in [0.29, 0.717) is 38.9 Å². The number of carbonyl (C=O) groups is 4. The summed E-state index contributed by atoms with van der Waals surface area (Å²) in [5.41, 5.74) is 0. The third-order valence-electron chi connectivity index (χ3n) is 13.7. The minimum atomic E-state index is -0.0574. The number of hydrogen-bond acceptors (Lipinski definition) is 8. The van der Waals surface area contributed by atoms with Gasteiger partial charge in [-0.3, -0.25) is 19.2 Å². The molecule has 0 saturated carbocycles. The summed E-state index contributed by atoms with van der Waals surface area (Å²) >= 11 is 0. The van der Waals surface area contributed by atoms with Crippen molar-refractivity contribution in [2.75, 3.05) is 13.2 Å². The van der Waals surface area contributed by atoms with Crippen molar-refractivity contribution < 1.29 is 38.1 Å². The highest BCUT2D eigenvalue weighted by atomic mass is 16.6. The van der Waals surface area contributed by atoms with E-state index in [2.05, 4.69) is 27.7 Å². The summed E-state index contributed by atoms with van der Waals surface area (Å²) in [6.07, 6.45) is 52.1. The lowest BCUT2D eigenvalue weighted by molar-refractivity contribution is -0.151. The lowest BCUT2D eigenvalue weighted by atomic mass is 10.0. The maximum atomic E-state index is 12.5. The van der Waals surface area contributed by atoms with Gasteiger partial charge in [0.2, 0.25) is 0 Å². The molecule has 0 amide bonds. The van der Waals surface area contributed by atoms with Crippen LogP contribution in [0.2, 0.25) is 0 Å². The van der Waals surface area contributed by atoms with E-state index in [1.807, 2.05) is 0 Å². The molecule has 2 unspecified atom stereocenters. The summed E-state index contributed by atoms with van der Waals surface area (Å²) in [4.78, 5) is 49.4. The van der Waals surface area contributed by atoms with Crippen LogP contribution in [0, 0.1) is 0 Å². The monoisotopic (exact) mass is 963 g/mol. The second-order valence-corrected chi connectivity index (χ2v) is 20.5. The van der Waals surface area contributed by atoms with Gasteiger partial charge in [0, 0.05) is 25.7 Å². The fourth-order valence-corrected chi connectivity index (χ4v) is 9.19. The van der Waals surface area contributed by atoms with Gasteiger partial charge in [0.25, 0.3) is 0 Å². The lowest BCUT2D eigenvalue weighted by Gasteiger charge is -2.18. The van der Waals surface area contributed by atoms with Crippen molar-refractivity contribution in [1.29, 1.82) is 0 Å². The van der Waals surface area contributed by atoms with Crippen LogP contribution >= 0.6 is 0 Å². The third-order valence-corrected chi connectivity index (χ3v) is 13.7. The Labute approximate surface area is 421 Å². The molecule has 0 radical (unpaired) electrons. The molecular weight excluding hydrogens is 849 g/mol. The van der Waals surface area contributed by atoms with Gasteiger partial charge in [-0.15, -0.1) is 0 Å². The van der Waals surface area contributed by atoms with Gasteiger partial charge in [-0.1, -0.05) is 220 Å². The van der Waals surface area contributed by atoms with Gasteiger partial charge in [-0.25, -0.2) is 0 Å². The zero-order chi connectivity index (χ0) is 49.6. The molecule has 0 aromatic heterocycles. The van der Waals surface area contributed by atoms with Crippen molar-refractivity contribution in [3.63, 3.8) is 0 Å². The number of unbranched alkanes of at least 4 members (excludes halogenated alkanes) is 33. The minimum Gasteiger partial charge on any atom is -0.466 e. The van der Waals surface area contributed by atoms with Gasteiger partial charge in [0.15, 0.2) is 0 Å². The highest BCUT2D eigenvalue weighted by Gasteiger charge is 2.16. The van der Waals surface area contributed by atoms with Crippen LogP contribution in [0.25, 0.3) is 0 Å². The summed E-state index contributed by atoms with van der Waals surface area (Å²) in [6, 6.07) is 0. The number of ether oxygens (including phenoxy) is 4. The van der Waals surface area contributed by atoms with Gasteiger partial charge >= 0.3 is 23.9 Å². The Morgan fingerprint density at radius 3 is 0.735 bits per heavy atom. The van der Waals surface area contributed by atoms with E-state index in [0.717, 1.165) is 154 Å². The predicted octanol–water partition coefficient (Wildman–Crippen LogP) is 18.7. The van der Waals surface area contributed by atoms with Crippen molar-refractivity contribution in [3.05, 3.63) is 0 Å². The van der Waals surface area contributed by atoms with E-state index < -0.39 is 0 Å². The van der Waals surface area contributed by atoms with Gasteiger partial charge < -0.3 is 18.9 Å². The van der Waals surface area contributed by atoms with Crippen LogP contribution in [0.1, 0.15) is 336 Å². The Bertz CT molecular complexity index is 1090. The quantitative estimate of drug-likeness (QED) is 0.0337. The zero-order valence-corrected chi connectivity index (χ0v) is 45.8. The zero-order valence-electron chi connectivity index (χ0n) is 45.8. The Hall–Kier alpha value is -2.12. The Morgan fingerprint density at radius 2 is 0.456 bits per heavy atom. The van der Waals surface area contributed by atoms with E-state index in [9.17, 15) is 19.2 Å². The number of hydrogen-bond donors (Lipinski definition) is 0. The van der Waals surface area contributed by atoms with Crippen molar-refractivity contribution in [1.82, 2.24) is 0 Å². The second kappa shape index (κ2) is 54.2. The van der Waals surface area contributed by atoms with Crippen LogP contribution in [0.4, 0.5) is 0 Å². The summed E-state index contributed by atoms with van der Waals surface area (Å²) in [5.74, 6) is -0.113. The SMILES string of the molecule is CCCCCCCCC(CCCCCCCCC(=O)OCCCCCCCCCCOC(=O)CCCCCCCCC(CCCCCC)OC(=O)CCCCCCC)OC(=O)CCCCCCC. The maximum absolute atomic E-state index is 12.5. The topological polar surface area (TPSA) is 105 Å². The molecule has 402 valence electrons. The van der Waals surface area contributed by atoms with E-state index >= 15 is 0 Å². The molecule has 0 saturated heterocycles. The fourth-order valence-electron chi connectivity index (χ4n) is 9.19. The molecule has 0 rings (SSSR count). The van der Waals surface area contributed by atoms with E-state index in [1.165, 1.54) is 128 Å². The molecule has 8 nitrogen and oxygen atoms in total. The summed E-state index contributed by atoms with van der Waals surface area (Å²) in [5, 5.41) is 0. The predicted molar refractivity (Wildman–Crippen MR) is 286 cm³/mol. The highest BCUT2D eigenvalue weighted by molar-refractivity contribution is 5.70. The van der Waals surface area contributed by atoms with Gasteiger partial charge in [0.05, 0.1) is 13.2 Å². The van der Waals surface area contributed by atoms with Gasteiger partial charge in [-0.2, -0.15) is 0 Å². The molecule has 0 aliphatic heterocycles. The van der Waals surface area contributed by atoms with E-state index in [4.69, 9.17) is 18.9 Å². The molecule has 0 heterocycles. The molecule has 8 heteroatoms. The van der Waals surface area contributed by atoms with Gasteiger partial charge in [-0.05, 0) is 89.9 Å². The molecule has 0 aromatic carbocycles. The Kier molecular flexibility index (Phi) is 52.5. The normalized spacial score (nSPS) is 12.2. The average molecular weight is 964 g/mol. The van der Waals surface area contributed by atoms with E-state index in [-0.39, 0.29) is 36.1 Å². The molecule has 0 N–H and O–H groups in total. The standard InChI is InChI=1S/C60H114O8/c1-5-9-13-17-28-36-46-56(68-60(64)52-42-27-15-11-7-3)48-38-30-21-23-32-40-50-58(62)66-54-44-34-25-19-18-24-33-43-53-65-57(61)49-39-31-22-20-29-37-47-55(45-35-16-12-8-4)67-59(63)51-41-26-14-10-6-2/h55-56H,5-54H2,1-4H3. The van der Waals surface area contributed by atoms with Crippen LogP contribution < -0.4 is 0 Å². The van der Waals surface area contributed by atoms with E-state index in [1.54, 1.807) is 0 Å². The first-order valence-electron chi connectivity index (χ1n) is 30.1. The third kappa shape index (κ3) is 50.3. The van der Waals surface area contributed by atoms with Crippen LogP contribution in [0.5, 0.6) is 0 Å². The van der Waals surface area contributed by atoms with Crippen LogP contribution in [0.15, 0.2) is 0 Å². The first-order valence-corrected chi connectivity index (χ1v) is 30.1. The fraction of sp³-hybridized carbons (Fsp3) is 0.933. The van der Waals surface area contributed by atoms with Crippen molar-refractivity contribution >= 4 is 23.9 Å². The molecule has 0 bridgehead atoms. The number of esters is 4. The number of rotatable bonds is 55. The number of carbonyl (C=O) groups excluding carboxylic acids is 4. The summed E-state index contributed by atoms with van der Waals surface area (Å²) in [6.45, 7) is 9.98. The molecule has 0 fully saturated rings. The van der Waals surface area contributed by atoms with Gasteiger partial charge in [0.1, 0.15) is 12.2 Å². The van der Waals surface area contributed by atoms with Crippen molar-refractivity contribution in [2.24, 2.45) is 0 Å². The van der Waals surface area contributed by atoms with Crippen molar-refractivity contribution in [2.45, 2.75) is 348 Å². The van der Waals surface area contributed by atoms with Crippen LogP contribution in [0.3, 0.4) is 0 Å². The van der Waals surface area contributed by atoms with Crippen LogP contribution in [-0.4, -0.2) is 49.3 Å². The Balaban J connectivity index is 3.77. The second-order valence-electron chi connectivity index (χ2n) is 20.5. The summed E-state index contributed by atoms with van der Waals surface area (Å²) in [7, 11) is 0. The molecule has 0 aliphatic carbocycles. The minimum absolute atomic E-state index is 0.00213. The average Bonchev–Trinajstić information content (AvgIpc) is 3.33.